The van der Waals surface area contributed by atoms with Gasteiger partial charge in [0.25, 0.3) is 5.91 Å². The van der Waals surface area contributed by atoms with Crippen LogP contribution in [0.15, 0.2) is 29.0 Å². The summed E-state index contributed by atoms with van der Waals surface area (Å²) in [6, 6.07) is 3.42. The van der Waals surface area contributed by atoms with Crippen LogP contribution >= 0.6 is 0 Å². The van der Waals surface area contributed by atoms with Crippen molar-refractivity contribution in [1.82, 2.24) is 20.0 Å². The summed E-state index contributed by atoms with van der Waals surface area (Å²) in [5.41, 5.74) is 0. The van der Waals surface area contributed by atoms with Crippen LogP contribution in [0.3, 0.4) is 0 Å². The van der Waals surface area contributed by atoms with Gasteiger partial charge >= 0.3 is 0 Å². The number of carbonyl (C=O) groups excluding carboxylic acids is 1. The minimum absolute atomic E-state index is 0.0752. The molecule has 1 aliphatic rings. The Bertz CT molecular complexity index is 643. The van der Waals surface area contributed by atoms with Crippen LogP contribution in [0.25, 0.3) is 0 Å². The molecule has 2 aromatic heterocycles. The lowest BCUT2D eigenvalue weighted by molar-refractivity contribution is -0.139. The van der Waals surface area contributed by atoms with E-state index in [1.54, 1.807) is 43.3 Å². The standard InChI is InChI=1S/C15H18N4O3/c1-10(21-12-5-3-7-16-9-12)15(20)19-8-4-6-13(19)14-17-11(2)22-18-14/h3,5,7,9-10,13H,4,6,8H2,1-2H3/t10-,13-/m1/s1. The van der Waals surface area contributed by atoms with Crippen molar-refractivity contribution in [3.63, 3.8) is 0 Å². The maximum atomic E-state index is 12.6. The third kappa shape index (κ3) is 2.93. The van der Waals surface area contributed by atoms with Gasteiger partial charge in [-0.05, 0) is 31.9 Å². The predicted molar refractivity (Wildman–Crippen MR) is 77.1 cm³/mol. The maximum absolute atomic E-state index is 12.6. The fourth-order valence-corrected chi connectivity index (χ4v) is 2.65. The van der Waals surface area contributed by atoms with Crippen molar-refractivity contribution in [2.24, 2.45) is 0 Å². The van der Waals surface area contributed by atoms with Crippen molar-refractivity contribution >= 4 is 5.91 Å². The molecule has 1 fully saturated rings. The molecule has 2 aromatic rings. The van der Waals surface area contributed by atoms with Crippen LogP contribution in [0.5, 0.6) is 5.75 Å². The summed E-state index contributed by atoms with van der Waals surface area (Å²) in [6.45, 7) is 4.16. The number of ether oxygens (including phenoxy) is 1. The lowest BCUT2D eigenvalue weighted by atomic mass is 10.2. The molecule has 0 unspecified atom stereocenters. The second kappa shape index (κ2) is 6.13. The predicted octanol–water partition coefficient (Wildman–Crippen LogP) is 1.90. The second-order valence-corrected chi connectivity index (χ2v) is 5.31. The summed E-state index contributed by atoms with van der Waals surface area (Å²) in [5.74, 6) is 1.58. The van der Waals surface area contributed by atoms with Crippen LogP contribution in [0.1, 0.15) is 37.5 Å². The fourth-order valence-electron chi connectivity index (χ4n) is 2.65. The number of rotatable bonds is 4. The molecular formula is C15H18N4O3. The van der Waals surface area contributed by atoms with Gasteiger partial charge in [0.2, 0.25) is 5.89 Å². The molecule has 1 aliphatic heterocycles. The molecule has 0 spiro atoms. The Hall–Kier alpha value is -2.44. The van der Waals surface area contributed by atoms with E-state index in [0.29, 0.717) is 24.0 Å². The largest absolute Gasteiger partial charge is 0.479 e. The van der Waals surface area contributed by atoms with Gasteiger partial charge in [0.15, 0.2) is 11.9 Å². The third-order valence-electron chi connectivity index (χ3n) is 3.67. The molecule has 0 aromatic carbocycles. The van der Waals surface area contributed by atoms with Gasteiger partial charge in [0.05, 0.1) is 12.2 Å². The van der Waals surface area contributed by atoms with Crippen molar-refractivity contribution in [2.45, 2.75) is 38.8 Å². The van der Waals surface area contributed by atoms with Gasteiger partial charge in [0.1, 0.15) is 5.75 Å². The van der Waals surface area contributed by atoms with Crippen molar-refractivity contribution in [1.29, 1.82) is 0 Å². The Morgan fingerprint density at radius 3 is 3.09 bits per heavy atom. The van der Waals surface area contributed by atoms with Crippen molar-refractivity contribution in [3.8, 4) is 5.75 Å². The molecular weight excluding hydrogens is 284 g/mol. The van der Waals surface area contributed by atoms with Gasteiger partial charge < -0.3 is 14.2 Å². The zero-order valence-corrected chi connectivity index (χ0v) is 12.6. The number of likely N-dealkylation sites (tertiary alicyclic amines) is 1. The minimum Gasteiger partial charge on any atom is -0.479 e. The van der Waals surface area contributed by atoms with Crippen molar-refractivity contribution in [3.05, 3.63) is 36.2 Å². The monoisotopic (exact) mass is 302 g/mol. The molecule has 0 saturated carbocycles. The summed E-state index contributed by atoms with van der Waals surface area (Å²) in [6.07, 6.45) is 4.42. The topological polar surface area (TPSA) is 81.4 Å². The number of hydrogen-bond donors (Lipinski definition) is 0. The molecule has 116 valence electrons. The first-order valence-corrected chi connectivity index (χ1v) is 7.32. The number of hydrogen-bond acceptors (Lipinski definition) is 6. The van der Waals surface area contributed by atoms with Crippen LogP contribution in [0.2, 0.25) is 0 Å². The average molecular weight is 302 g/mol. The molecule has 3 heterocycles. The van der Waals surface area contributed by atoms with Crippen LogP contribution in [0.4, 0.5) is 0 Å². The van der Waals surface area contributed by atoms with Crippen molar-refractivity contribution in [2.75, 3.05) is 6.54 Å². The fraction of sp³-hybridized carbons (Fsp3) is 0.467. The second-order valence-electron chi connectivity index (χ2n) is 5.31. The van der Waals surface area contributed by atoms with Gasteiger partial charge in [0, 0.05) is 19.7 Å². The molecule has 0 bridgehead atoms. The Labute approximate surface area is 128 Å². The first-order chi connectivity index (χ1) is 10.6. The molecule has 1 amide bonds. The molecule has 0 aliphatic carbocycles. The van der Waals surface area contributed by atoms with Crippen LogP contribution < -0.4 is 4.74 Å². The summed E-state index contributed by atoms with van der Waals surface area (Å²) >= 11 is 0. The summed E-state index contributed by atoms with van der Waals surface area (Å²) in [4.78, 5) is 22.6. The highest BCUT2D eigenvalue weighted by atomic mass is 16.5. The first kappa shape index (κ1) is 14.5. The Morgan fingerprint density at radius 2 is 2.41 bits per heavy atom. The van der Waals surface area contributed by atoms with E-state index in [-0.39, 0.29) is 11.9 Å². The summed E-state index contributed by atoms with van der Waals surface area (Å²) in [5, 5.41) is 3.94. The molecule has 7 heteroatoms. The van der Waals surface area contributed by atoms with Gasteiger partial charge in [-0.3, -0.25) is 9.78 Å². The number of pyridine rings is 1. The lowest BCUT2D eigenvalue weighted by Gasteiger charge is -2.25. The number of nitrogens with zero attached hydrogens (tertiary/aromatic N) is 4. The average Bonchev–Trinajstić information content (AvgIpc) is 3.15. The van der Waals surface area contributed by atoms with Gasteiger partial charge in [-0.25, -0.2) is 0 Å². The van der Waals surface area contributed by atoms with E-state index in [1.165, 1.54) is 0 Å². The van der Waals surface area contributed by atoms with E-state index in [1.807, 2.05) is 0 Å². The van der Waals surface area contributed by atoms with Crippen LogP contribution in [-0.4, -0.2) is 38.6 Å². The van der Waals surface area contributed by atoms with E-state index in [0.717, 1.165) is 12.8 Å². The highest BCUT2D eigenvalue weighted by Crippen LogP contribution is 2.31. The number of amides is 1. The SMILES string of the molecule is Cc1nc([C@H]2CCCN2C(=O)[C@@H](C)Oc2cccnc2)no1. The zero-order chi connectivity index (χ0) is 15.5. The van der Waals surface area contributed by atoms with E-state index in [9.17, 15) is 4.79 Å². The molecule has 22 heavy (non-hydrogen) atoms. The molecule has 2 atom stereocenters. The minimum atomic E-state index is -0.585. The Morgan fingerprint density at radius 1 is 1.55 bits per heavy atom. The molecule has 7 nitrogen and oxygen atoms in total. The van der Waals surface area contributed by atoms with Gasteiger partial charge in [-0.2, -0.15) is 4.98 Å². The summed E-state index contributed by atoms with van der Waals surface area (Å²) in [7, 11) is 0. The molecule has 0 N–H and O–H groups in total. The Balaban J connectivity index is 1.70. The van der Waals surface area contributed by atoms with E-state index < -0.39 is 6.10 Å². The normalized spacial score (nSPS) is 19.2. The van der Waals surface area contributed by atoms with E-state index >= 15 is 0 Å². The smallest absolute Gasteiger partial charge is 0.263 e. The third-order valence-corrected chi connectivity index (χ3v) is 3.67. The van der Waals surface area contributed by atoms with E-state index in [4.69, 9.17) is 9.26 Å². The molecule has 1 saturated heterocycles. The number of carbonyl (C=O) groups is 1. The highest BCUT2D eigenvalue weighted by molar-refractivity contribution is 5.81. The number of aromatic nitrogens is 3. The maximum Gasteiger partial charge on any atom is 0.263 e. The zero-order valence-electron chi connectivity index (χ0n) is 12.6. The quantitative estimate of drug-likeness (QED) is 0.858. The van der Waals surface area contributed by atoms with Gasteiger partial charge in [-0.1, -0.05) is 5.16 Å². The van der Waals surface area contributed by atoms with Gasteiger partial charge in [-0.15, -0.1) is 0 Å². The van der Waals surface area contributed by atoms with Crippen LogP contribution in [0, 0.1) is 6.92 Å². The first-order valence-electron chi connectivity index (χ1n) is 7.32. The van der Waals surface area contributed by atoms with E-state index in [2.05, 4.69) is 15.1 Å². The van der Waals surface area contributed by atoms with Crippen LogP contribution in [-0.2, 0) is 4.79 Å². The Kier molecular flexibility index (Phi) is 4.04. The highest BCUT2D eigenvalue weighted by Gasteiger charge is 2.35. The molecule has 0 radical (unpaired) electrons. The molecule has 3 rings (SSSR count). The summed E-state index contributed by atoms with van der Waals surface area (Å²) < 4.78 is 10.7. The van der Waals surface area contributed by atoms with Crippen molar-refractivity contribution < 1.29 is 14.1 Å². The lowest BCUT2D eigenvalue weighted by Crippen LogP contribution is -2.40. The number of aryl methyl sites for hydroxylation is 1.